The number of hydrogen-bond donors (Lipinski definition) is 4. The van der Waals surface area contributed by atoms with Gasteiger partial charge in [-0.1, -0.05) is 124 Å². The summed E-state index contributed by atoms with van der Waals surface area (Å²) in [5.74, 6) is -17.2. The molecule has 0 aromatic carbocycles. The zero-order chi connectivity index (χ0) is 100. The Kier molecular flexibility index (Phi) is 40.7. The van der Waals surface area contributed by atoms with E-state index < -0.39 is 128 Å². The molecule has 0 bridgehead atoms. The molecule has 0 fully saturated rings. The monoisotopic (exact) mass is 2900 g/mol. The predicted octanol–water partition coefficient (Wildman–Crippen LogP) is 21.1. The summed E-state index contributed by atoms with van der Waals surface area (Å²) in [4.78, 5) is 107. The molecule has 16 rings (SSSR count). The van der Waals surface area contributed by atoms with Gasteiger partial charge >= 0.3 is 44.9 Å². The van der Waals surface area contributed by atoms with E-state index in [1.54, 1.807) is 105 Å². The van der Waals surface area contributed by atoms with Gasteiger partial charge in [-0.25, -0.2) is 96.2 Å². The molecule has 750 valence electrons. The average molecular weight is 2900 g/mol. The standard InChI is InChI=1S/C23H12F6N4.2C19H14ClFN3O2.C19H13F3N3O2.C19H14F2N3O2.5Pt/c1-23(2,17-9-11(24)7-15(30-17)13-3-5-19(26)32-21(13)28)18-10-12(25)8-16(31-18)14-4-6-20(27)33-22(14)29;1-19(2,15-8-4-6-13(23-15)18(25)26)14-7-3-5-12(22-14)11-9-10-16(21)24-17(11)20;1-19(2,15-8-4-6-13(23-15)18(25)26)14-7-3-5-12(22-14)11-9-10-16(20)24-17(11)21;1-19(2,14-5-3-4-12(23-14)18(26)27)15-9-10(20)8-13(24-15)11-6-7-16(21)25-17(11)22;1-19(2,15-8-4-6-13(23-15)18(25)26)14-7-3-5-12(22-14)11-9-10-16(20)24-17(11)21;;;;;/h5-10H,1-2H3;2*3-8,10H,1-2H3,(H,25,26);3-5,7-9H,1-2H3,(H,26,27);3-8,10H,1-2H3,(H,25,26);;;;;/q-2;4*-1;;;;;+2. The Labute approximate surface area is 888 Å². The molecule has 44 heteroatoms. The SMILES string of the molecule is CC(C)(c1cc(F)cc(-c2[c-]cc(F)nc2F)n1)c1cc(F)cc(-c2[c-]cc(F)nc2F)n1.CC(C)(c1cccc(C(=O)O)n1)c1cc(F)cc(-c2[c-]cc(F)nc2F)n1.CC(C)(c1cccc(C(=O)O)n1)c1cccc(-c2[c-]cc(Cl)nc2F)n1.CC(C)(c1cccc(C(=O)O)n1)c1cccc(-c2[c-]cc(F)nc2Cl)n1.CC(C)(c1cccc(C(=O)O)n1)c1cccc(-c2[c-]cc(F)nc2F)n1.[Pt+2].[Pt].[Pt].[Pt].[Pt]. The number of aromatic nitrogens is 16. The van der Waals surface area contributed by atoms with Crippen LogP contribution in [0.2, 0.25) is 10.3 Å². The van der Waals surface area contributed by atoms with Crippen LogP contribution in [0.1, 0.15) is 168 Å². The smallest absolute Gasteiger partial charge is 0.477 e. The number of carbonyl (C=O) groups is 4. The van der Waals surface area contributed by atoms with Crippen LogP contribution < -0.4 is 0 Å². The molecule has 0 spiro atoms. The van der Waals surface area contributed by atoms with E-state index in [0.717, 1.165) is 66.7 Å². The molecule has 24 nitrogen and oxygen atoms in total. The first kappa shape index (κ1) is 117. The Bertz CT molecular complexity index is 6930. The molecule has 0 atom stereocenters. The quantitative estimate of drug-likeness (QED) is 0.0313. The molecule has 0 aliphatic heterocycles. The second-order valence-corrected chi connectivity index (χ2v) is 32.9. The molecule has 0 aliphatic rings. The van der Waals surface area contributed by atoms with Crippen molar-refractivity contribution >= 4 is 47.1 Å². The molecular weight excluding hydrogens is 2830 g/mol. The van der Waals surface area contributed by atoms with Crippen LogP contribution in [0.25, 0.3) is 67.5 Å². The van der Waals surface area contributed by atoms with Crippen molar-refractivity contribution in [2.24, 2.45) is 0 Å². The van der Waals surface area contributed by atoms with Gasteiger partial charge in [0.2, 0.25) is 0 Å². The van der Waals surface area contributed by atoms with Crippen LogP contribution in [-0.4, -0.2) is 124 Å². The van der Waals surface area contributed by atoms with Crippen LogP contribution in [0.5, 0.6) is 0 Å². The summed E-state index contributed by atoms with van der Waals surface area (Å²) in [6, 6.07) is 61.0. The van der Waals surface area contributed by atoms with Crippen molar-refractivity contribution in [3.05, 3.63) is 404 Å². The summed E-state index contributed by atoms with van der Waals surface area (Å²) in [6.45, 7) is 17.6. The number of rotatable bonds is 20. The maximum absolute atomic E-state index is 14.4. The first-order chi connectivity index (χ1) is 65.1. The minimum Gasteiger partial charge on any atom is -0.477 e. The number of carboxylic acid groups (broad SMARTS) is 4. The van der Waals surface area contributed by atoms with Crippen molar-refractivity contribution in [1.29, 1.82) is 0 Å². The van der Waals surface area contributed by atoms with Crippen molar-refractivity contribution in [3.8, 4) is 67.5 Å². The van der Waals surface area contributed by atoms with Crippen LogP contribution in [0, 0.1) is 113 Å². The van der Waals surface area contributed by atoms with E-state index in [2.05, 4.69) is 116 Å². The van der Waals surface area contributed by atoms with Crippen molar-refractivity contribution in [1.82, 2.24) is 79.7 Å². The van der Waals surface area contributed by atoms with Crippen LogP contribution in [0.15, 0.2) is 200 Å². The summed E-state index contributed by atoms with van der Waals surface area (Å²) in [5.41, 5.74) is -0.764. The van der Waals surface area contributed by atoms with Crippen molar-refractivity contribution in [2.45, 2.75) is 96.3 Å². The molecule has 16 heterocycles. The minimum atomic E-state index is -1.28. The number of carboxylic acids is 4. The second kappa shape index (κ2) is 49.6. The van der Waals surface area contributed by atoms with E-state index in [1.165, 1.54) is 50.2 Å². The van der Waals surface area contributed by atoms with Gasteiger partial charge in [-0.05, 0) is 207 Å². The zero-order valence-electron chi connectivity index (χ0n) is 74.9. The maximum atomic E-state index is 14.4. The number of halogens is 15. The molecule has 143 heavy (non-hydrogen) atoms. The summed E-state index contributed by atoms with van der Waals surface area (Å²) in [5, 5.41) is 36.5. The molecule has 0 saturated carbocycles. The van der Waals surface area contributed by atoms with Gasteiger partial charge < -0.3 is 45.3 Å². The molecule has 0 amide bonds. The maximum Gasteiger partial charge on any atom is 2.00 e. The van der Waals surface area contributed by atoms with Gasteiger partial charge in [0.25, 0.3) is 0 Å². The normalized spacial score (nSPS) is 11.1. The molecular formula is C99H67Cl2F13N16O8Pt5-4. The third kappa shape index (κ3) is 28.5. The summed E-state index contributed by atoms with van der Waals surface area (Å²) in [7, 11) is 0. The van der Waals surface area contributed by atoms with E-state index in [-0.39, 0.29) is 206 Å². The topological polar surface area (TPSA) is 355 Å². The fourth-order valence-corrected chi connectivity index (χ4v) is 13.5. The Hall–Kier alpha value is -12.6. The Morgan fingerprint density at radius 2 is 0.441 bits per heavy atom. The summed E-state index contributed by atoms with van der Waals surface area (Å²) < 4.78 is 179. The molecule has 4 N–H and O–H groups in total. The van der Waals surface area contributed by atoms with E-state index in [0.29, 0.717) is 56.8 Å². The van der Waals surface area contributed by atoms with Gasteiger partial charge in [-0.2, -0.15) is 0 Å². The van der Waals surface area contributed by atoms with E-state index in [1.807, 2.05) is 47.6 Å². The van der Waals surface area contributed by atoms with Gasteiger partial charge in [0.1, 0.15) is 99.7 Å². The fourth-order valence-electron chi connectivity index (χ4n) is 13.2. The third-order valence-electron chi connectivity index (χ3n) is 20.9. The molecule has 16 aromatic heterocycles. The van der Waals surface area contributed by atoms with Crippen molar-refractivity contribution < 1.29 is 202 Å². The Morgan fingerprint density at radius 3 is 0.685 bits per heavy atom. The largest absolute Gasteiger partial charge is 2.00 e. The minimum absolute atomic E-state index is 0. The van der Waals surface area contributed by atoms with Gasteiger partial charge in [0, 0.05) is 156 Å². The number of nitrogens with zero attached hydrogens (tertiary/aromatic N) is 16. The van der Waals surface area contributed by atoms with Crippen LogP contribution in [-0.2, 0) is 132 Å². The second-order valence-electron chi connectivity index (χ2n) is 32.2. The van der Waals surface area contributed by atoms with Crippen LogP contribution in [0.3, 0.4) is 0 Å². The molecule has 0 radical (unpaired) electrons. The fraction of sp³-hybridized carbons (Fsp3) is 0.152. The van der Waals surface area contributed by atoms with Gasteiger partial charge in [0.15, 0.2) is 0 Å². The molecule has 16 aromatic rings. The Balaban J connectivity index is 0.000000241. The van der Waals surface area contributed by atoms with Gasteiger partial charge in [-0.3, -0.25) is 34.9 Å². The molecule has 0 aliphatic carbocycles. The first-order valence-corrected chi connectivity index (χ1v) is 41.1. The summed E-state index contributed by atoms with van der Waals surface area (Å²) in [6.07, 6.45) is 0. The van der Waals surface area contributed by atoms with Crippen molar-refractivity contribution in [3.63, 3.8) is 0 Å². The van der Waals surface area contributed by atoms with Crippen LogP contribution >= 0.6 is 23.2 Å². The van der Waals surface area contributed by atoms with Gasteiger partial charge in [0.05, 0.1) is 22.8 Å². The first-order valence-electron chi connectivity index (χ1n) is 40.3. The zero-order valence-corrected chi connectivity index (χ0v) is 87.8. The third-order valence-corrected chi connectivity index (χ3v) is 21.4. The number of hydrogen-bond acceptors (Lipinski definition) is 20. The molecule has 0 unspecified atom stereocenters. The Morgan fingerprint density at radius 1 is 0.245 bits per heavy atom. The summed E-state index contributed by atoms with van der Waals surface area (Å²) >= 11 is 11.7. The van der Waals surface area contributed by atoms with Crippen LogP contribution in [0.4, 0.5) is 57.1 Å². The average Bonchev–Trinajstić information content (AvgIpc) is 0.736. The predicted molar refractivity (Wildman–Crippen MR) is 473 cm³/mol. The van der Waals surface area contributed by atoms with E-state index >= 15 is 0 Å². The number of aromatic carboxylic acids is 4. The number of pyridine rings is 16. The van der Waals surface area contributed by atoms with E-state index in [9.17, 15) is 76.3 Å². The van der Waals surface area contributed by atoms with E-state index in [4.69, 9.17) is 43.6 Å². The van der Waals surface area contributed by atoms with Gasteiger partial charge in [-0.15, -0.1) is 65.7 Å². The molecule has 0 saturated heterocycles. The van der Waals surface area contributed by atoms with Crippen molar-refractivity contribution in [2.75, 3.05) is 0 Å².